The number of ether oxygens (including phenoxy) is 6. The third-order valence-electron chi connectivity index (χ3n) is 10.8. The lowest BCUT2D eigenvalue weighted by molar-refractivity contribution is -0.294. The fraction of sp³-hybridized carbons (Fsp3) is 0.872. The molecule has 0 aromatic rings. The minimum absolute atomic E-state index is 0.0250. The van der Waals surface area contributed by atoms with Crippen LogP contribution in [0.15, 0.2) is 11.6 Å². The SMILES string of the molecule is CCC[C@H]1OC(=O)[C@H](C)[C@@H](O[C@H]2CC(C)CC(C)O2)[C@H](C)[C@@H](O[C@@H]2O[C@H](C)CC(N(C)C)C2OC(C)=O)[C@@H](C)C[C@@H](C)C(=O)C(C)=C[C@H]1C. The lowest BCUT2D eigenvalue weighted by Crippen LogP contribution is -2.58. The molecule has 0 amide bonds. The van der Waals surface area contributed by atoms with Gasteiger partial charge in [0.25, 0.3) is 0 Å². The van der Waals surface area contributed by atoms with Crippen molar-refractivity contribution in [2.45, 2.75) is 170 Å². The maximum Gasteiger partial charge on any atom is 0.311 e. The molecule has 3 aliphatic heterocycles. The number of hydrogen-bond acceptors (Lipinski definition) is 10. The number of cyclic esters (lactones) is 1. The number of ketones is 1. The molecule has 15 atom stereocenters. The highest BCUT2D eigenvalue weighted by molar-refractivity contribution is 5.96. The normalized spacial score (nSPS) is 41.8. The number of carbonyl (C=O) groups excluding carboxylic acids is 3. The van der Waals surface area contributed by atoms with Gasteiger partial charge in [0.2, 0.25) is 0 Å². The maximum atomic E-state index is 14.1. The molecular weight excluding hydrogens is 626 g/mol. The van der Waals surface area contributed by atoms with Gasteiger partial charge in [-0.05, 0) is 84.9 Å². The largest absolute Gasteiger partial charge is 0.461 e. The monoisotopic (exact) mass is 693 g/mol. The summed E-state index contributed by atoms with van der Waals surface area (Å²) in [5.41, 5.74) is 0.673. The van der Waals surface area contributed by atoms with Gasteiger partial charge in [-0.3, -0.25) is 14.4 Å². The van der Waals surface area contributed by atoms with Crippen LogP contribution < -0.4 is 0 Å². The van der Waals surface area contributed by atoms with E-state index in [1.165, 1.54) is 6.92 Å². The quantitative estimate of drug-likeness (QED) is 0.254. The van der Waals surface area contributed by atoms with Crippen LogP contribution in [0.1, 0.15) is 115 Å². The van der Waals surface area contributed by atoms with E-state index in [1.54, 1.807) is 0 Å². The third kappa shape index (κ3) is 11.3. The number of hydrogen-bond donors (Lipinski definition) is 0. The van der Waals surface area contributed by atoms with E-state index in [0.717, 1.165) is 12.8 Å². The number of esters is 2. The third-order valence-corrected chi connectivity index (χ3v) is 10.8. The summed E-state index contributed by atoms with van der Waals surface area (Å²) in [5.74, 6) is -1.87. The molecule has 0 spiro atoms. The highest BCUT2D eigenvalue weighted by Gasteiger charge is 2.47. The Morgan fingerprint density at radius 2 is 1.53 bits per heavy atom. The van der Waals surface area contributed by atoms with Gasteiger partial charge in [-0.15, -0.1) is 0 Å². The average Bonchev–Trinajstić information content (AvgIpc) is 3.00. The number of carbonyl (C=O) groups is 3. The molecule has 3 aliphatic rings. The van der Waals surface area contributed by atoms with Gasteiger partial charge < -0.3 is 33.3 Å². The Balaban J connectivity index is 2.12. The van der Waals surface area contributed by atoms with Crippen LogP contribution in [0.5, 0.6) is 0 Å². The van der Waals surface area contributed by atoms with Crippen molar-refractivity contribution in [3.63, 3.8) is 0 Å². The molecule has 0 aromatic carbocycles. The molecule has 0 aromatic heterocycles. The predicted octanol–water partition coefficient (Wildman–Crippen LogP) is 6.73. The van der Waals surface area contributed by atoms with Crippen molar-refractivity contribution in [3.8, 4) is 0 Å². The average molecular weight is 694 g/mol. The van der Waals surface area contributed by atoms with Crippen LogP contribution in [0.25, 0.3) is 0 Å². The molecule has 0 bridgehead atoms. The maximum absolute atomic E-state index is 14.1. The molecule has 282 valence electrons. The van der Waals surface area contributed by atoms with Crippen molar-refractivity contribution < 1.29 is 42.8 Å². The van der Waals surface area contributed by atoms with Crippen molar-refractivity contribution >= 4 is 17.7 Å². The summed E-state index contributed by atoms with van der Waals surface area (Å²) in [6.07, 6.45) is 2.61. The summed E-state index contributed by atoms with van der Waals surface area (Å²) in [4.78, 5) is 42.3. The molecule has 49 heavy (non-hydrogen) atoms. The van der Waals surface area contributed by atoms with Gasteiger partial charge >= 0.3 is 11.9 Å². The number of rotatable bonds is 8. The van der Waals surface area contributed by atoms with Crippen molar-refractivity contribution in [2.24, 2.45) is 35.5 Å². The highest BCUT2D eigenvalue weighted by Crippen LogP contribution is 2.38. The Bertz CT molecular complexity index is 1120. The molecule has 3 heterocycles. The number of allylic oxidation sites excluding steroid dienone is 1. The van der Waals surface area contributed by atoms with E-state index in [1.807, 2.05) is 66.6 Å². The number of likely N-dealkylation sites (N-methyl/N-ethyl adjacent to an activating group) is 1. The highest BCUT2D eigenvalue weighted by atomic mass is 16.7. The van der Waals surface area contributed by atoms with Gasteiger partial charge in [0, 0.05) is 31.1 Å². The first-order valence-corrected chi connectivity index (χ1v) is 18.8. The summed E-state index contributed by atoms with van der Waals surface area (Å²) in [6.45, 7) is 21.5. The summed E-state index contributed by atoms with van der Waals surface area (Å²) in [5, 5.41) is 0. The number of Topliss-reactive ketones (excluding diaryl/α,β-unsaturated/α-hetero) is 1. The summed E-state index contributed by atoms with van der Waals surface area (Å²) >= 11 is 0. The Morgan fingerprint density at radius 1 is 0.878 bits per heavy atom. The van der Waals surface area contributed by atoms with Gasteiger partial charge in [0.1, 0.15) is 6.10 Å². The Hall–Kier alpha value is -1.85. The number of nitrogens with zero attached hydrogens (tertiary/aromatic N) is 1. The van der Waals surface area contributed by atoms with Crippen molar-refractivity contribution in [2.75, 3.05) is 14.1 Å². The van der Waals surface area contributed by atoms with Gasteiger partial charge in [0.15, 0.2) is 24.5 Å². The zero-order valence-corrected chi connectivity index (χ0v) is 32.6. The molecule has 0 N–H and O–H groups in total. The van der Waals surface area contributed by atoms with Crippen molar-refractivity contribution in [1.82, 2.24) is 4.90 Å². The van der Waals surface area contributed by atoms with Gasteiger partial charge in [-0.2, -0.15) is 0 Å². The summed E-state index contributed by atoms with van der Waals surface area (Å²) < 4.78 is 38.7. The fourth-order valence-corrected chi connectivity index (χ4v) is 8.27. The standard InChI is InChI=1S/C39H67NO9/c1-14-15-32-22(3)18-23(4)34(42)24(5)19-25(6)35(49-39-37(46-30(11)41)31(40(12)13)20-27(8)45-39)28(9)36(29(10)38(43)47-32)48-33-17-21(2)16-26(7)44-33/h18,21-22,24-29,31-33,35-37,39H,14-17,19-20H2,1-13H3/t21?,22-,24-,25+,26?,27-,28-,29-,31?,32-,33+,35+,36+,37?,39+/m1/s1. The topological polar surface area (TPSA) is 110 Å². The lowest BCUT2D eigenvalue weighted by Gasteiger charge is -2.46. The van der Waals surface area contributed by atoms with E-state index < -0.39 is 42.8 Å². The molecule has 10 heteroatoms. The van der Waals surface area contributed by atoms with Gasteiger partial charge in [0.05, 0.1) is 36.4 Å². The van der Waals surface area contributed by atoms with Crippen LogP contribution >= 0.6 is 0 Å². The smallest absolute Gasteiger partial charge is 0.311 e. The van der Waals surface area contributed by atoms with E-state index in [4.69, 9.17) is 28.4 Å². The van der Waals surface area contributed by atoms with E-state index in [9.17, 15) is 14.4 Å². The van der Waals surface area contributed by atoms with Crippen LogP contribution in [-0.2, 0) is 42.8 Å². The second-order valence-corrected chi connectivity index (χ2v) is 15.9. The molecule has 0 aliphatic carbocycles. The zero-order chi connectivity index (χ0) is 36.7. The molecule has 4 unspecified atom stereocenters. The Labute approximate surface area is 296 Å². The van der Waals surface area contributed by atoms with E-state index in [-0.39, 0.29) is 59.8 Å². The minimum Gasteiger partial charge on any atom is -0.461 e. The Morgan fingerprint density at radius 3 is 2.12 bits per heavy atom. The second kappa shape index (κ2) is 18.6. The first-order chi connectivity index (χ1) is 22.9. The molecule has 2 fully saturated rings. The van der Waals surface area contributed by atoms with E-state index in [0.29, 0.717) is 37.2 Å². The first-order valence-electron chi connectivity index (χ1n) is 18.8. The molecule has 0 radical (unpaired) electrons. The van der Waals surface area contributed by atoms with Crippen LogP contribution in [0, 0.1) is 35.5 Å². The fourth-order valence-electron chi connectivity index (χ4n) is 8.27. The minimum atomic E-state index is -0.870. The van der Waals surface area contributed by atoms with Crippen LogP contribution in [-0.4, -0.2) is 92.0 Å². The van der Waals surface area contributed by atoms with Crippen LogP contribution in [0.2, 0.25) is 0 Å². The molecular formula is C39H67NO9. The van der Waals surface area contributed by atoms with Gasteiger partial charge in [-0.1, -0.05) is 54.0 Å². The van der Waals surface area contributed by atoms with E-state index >= 15 is 0 Å². The molecule has 10 nitrogen and oxygen atoms in total. The lowest BCUT2D eigenvalue weighted by atomic mass is 9.79. The summed E-state index contributed by atoms with van der Waals surface area (Å²) in [6, 6.07) is -0.132. The Kier molecular flexibility index (Phi) is 15.8. The molecule has 0 saturated carbocycles. The van der Waals surface area contributed by atoms with Crippen LogP contribution in [0.4, 0.5) is 0 Å². The molecule has 2 saturated heterocycles. The van der Waals surface area contributed by atoms with Gasteiger partial charge in [-0.25, -0.2) is 0 Å². The molecule has 3 rings (SSSR count). The summed E-state index contributed by atoms with van der Waals surface area (Å²) in [7, 11) is 3.92. The second-order valence-electron chi connectivity index (χ2n) is 15.9. The van der Waals surface area contributed by atoms with Crippen LogP contribution in [0.3, 0.4) is 0 Å². The first kappa shape index (κ1) is 41.6. The zero-order valence-electron chi connectivity index (χ0n) is 32.6. The van der Waals surface area contributed by atoms with E-state index in [2.05, 4.69) is 27.7 Å². The predicted molar refractivity (Wildman–Crippen MR) is 188 cm³/mol. The van der Waals surface area contributed by atoms with Crippen molar-refractivity contribution in [1.29, 1.82) is 0 Å². The van der Waals surface area contributed by atoms with Crippen molar-refractivity contribution in [3.05, 3.63) is 11.6 Å².